The number of benzene rings is 1. The summed E-state index contributed by atoms with van der Waals surface area (Å²) in [4.78, 5) is 31.0. The summed E-state index contributed by atoms with van der Waals surface area (Å²) in [5, 5.41) is 2.76. The molecule has 0 spiro atoms. The van der Waals surface area contributed by atoms with Gasteiger partial charge in [0.05, 0.1) is 30.0 Å². The second-order valence-electron chi connectivity index (χ2n) is 8.04. The molecule has 0 bridgehead atoms. The summed E-state index contributed by atoms with van der Waals surface area (Å²) in [6.45, 7) is 3.60. The van der Waals surface area contributed by atoms with E-state index in [1.807, 2.05) is 6.07 Å². The number of anilines is 1. The van der Waals surface area contributed by atoms with Crippen molar-refractivity contribution in [2.75, 3.05) is 31.6 Å². The number of amides is 1. The molecule has 11 heteroatoms. The Balaban J connectivity index is 1.41. The highest BCUT2D eigenvalue weighted by atomic mass is 19.4. The van der Waals surface area contributed by atoms with E-state index in [9.17, 15) is 18.0 Å². The Morgan fingerprint density at radius 2 is 1.86 bits per heavy atom. The third kappa shape index (κ3) is 5.00. The Hall–Kier alpha value is -3.83. The molecular weight excluding hydrogens is 461 g/mol. The number of aromatic amines is 1. The number of alkyl halides is 3. The predicted octanol–water partition coefficient (Wildman–Crippen LogP) is 4.12. The molecule has 35 heavy (non-hydrogen) atoms. The Labute approximate surface area is 198 Å². The average Bonchev–Trinajstić information content (AvgIpc) is 3.29. The van der Waals surface area contributed by atoms with E-state index in [1.54, 1.807) is 12.1 Å². The first-order chi connectivity index (χ1) is 16.9. The summed E-state index contributed by atoms with van der Waals surface area (Å²) in [6, 6.07) is 11.9. The zero-order chi connectivity index (χ0) is 24.4. The molecule has 0 atom stereocenters. The first-order valence-electron chi connectivity index (χ1n) is 11.0. The van der Waals surface area contributed by atoms with Gasteiger partial charge in [-0.3, -0.25) is 9.69 Å². The lowest BCUT2D eigenvalue weighted by Crippen LogP contribution is -2.35. The van der Waals surface area contributed by atoms with Crippen molar-refractivity contribution >= 4 is 22.9 Å². The van der Waals surface area contributed by atoms with Crippen LogP contribution < -0.4 is 5.32 Å². The van der Waals surface area contributed by atoms with E-state index in [1.165, 1.54) is 30.5 Å². The number of carbonyl (C=O) groups excluding carboxylic acids is 1. The number of hydrogen-bond acceptors (Lipinski definition) is 6. The van der Waals surface area contributed by atoms with E-state index in [0.29, 0.717) is 25.6 Å². The highest BCUT2D eigenvalue weighted by Gasteiger charge is 2.34. The third-order valence-electron chi connectivity index (χ3n) is 5.65. The molecule has 4 aromatic rings. The van der Waals surface area contributed by atoms with Gasteiger partial charge in [-0.25, -0.2) is 15.0 Å². The largest absolute Gasteiger partial charge is 0.417 e. The molecule has 0 radical (unpaired) electrons. The van der Waals surface area contributed by atoms with Gasteiger partial charge in [0.1, 0.15) is 17.2 Å². The molecule has 8 nitrogen and oxygen atoms in total. The molecule has 0 unspecified atom stereocenters. The molecule has 1 aliphatic rings. The highest BCUT2D eigenvalue weighted by Crippen LogP contribution is 2.36. The number of carbonyl (C=O) groups is 1. The fraction of sp³-hybridized carbons (Fsp3) is 0.250. The maximum absolute atomic E-state index is 13.5. The summed E-state index contributed by atoms with van der Waals surface area (Å²) in [5.41, 5.74) is 0.394. The van der Waals surface area contributed by atoms with Crippen LogP contribution in [0.1, 0.15) is 21.6 Å². The second-order valence-corrected chi connectivity index (χ2v) is 8.04. The monoisotopic (exact) mass is 482 g/mol. The number of nitrogens with zero attached hydrogens (tertiary/aromatic N) is 4. The van der Waals surface area contributed by atoms with Crippen LogP contribution in [0.25, 0.3) is 22.6 Å². The summed E-state index contributed by atoms with van der Waals surface area (Å²) >= 11 is 0. The van der Waals surface area contributed by atoms with Crippen LogP contribution in [0.5, 0.6) is 0 Å². The number of morpholine rings is 1. The van der Waals surface area contributed by atoms with Gasteiger partial charge in [0.15, 0.2) is 5.65 Å². The van der Waals surface area contributed by atoms with Crippen molar-refractivity contribution in [2.45, 2.75) is 12.7 Å². The molecule has 1 fully saturated rings. The number of H-pyrrole nitrogens is 1. The van der Waals surface area contributed by atoms with Crippen molar-refractivity contribution in [3.05, 3.63) is 71.5 Å². The Bertz CT molecular complexity index is 1360. The highest BCUT2D eigenvalue weighted by molar-refractivity contribution is 6.10. The molecule has 0 aliphatic carbocycles. The number of fused-ring (bicyclic) bond motifs is 1. The minimum atomic E-state index is -4.55. The van der Waals surface area contributed by atoms with Gasteiger partial charge in [-0.05, 0) is 24.3 Å². The zero-order valence-corrected chi connectivity index (χ0v) is 18.5. The van der Waals surface area contributed by atoms with E-state index in [-0.39, 0.29) is 28.1 Å². The molecular formula is C24H21F3N6O2. The fourth-order valence-electron chi connectivity index (χ4n) is 3.97. The van der Waals surface area contributed by atoms with E-state index in [0.717, 1.165) is 24.8 Å². The fourth-order valence-corrected chi connectivity index (χ4v) is 3.97. The summed E-state index contributed by atoms with van der Waals surface area (Å²) in [6.07, 6.45) is -3.15. The summed E-state index contributed by atoms with van der Waals surface area (Å²) in [7, 11) is 0. The molecule has 3 aromatic heterocycles. The van der Waals surface area contributed by atoms with Crippen LogP contribution in [-0.4, -0.2) is 57.0 Å². The second kappa shape index (κ2) is 9.43. The minimum absolute atomic E-state index is 0.0219. The molecule has 1 aromatic carbocycles. The molecule has 1 amide bonds. The molecule has 4 heterocycles. The lowest BCUT2D eigenvalue weighted by molar-refractivity contribution is -0.137. The quantitative estimate of drug-likeness (QED) is 0.444. The lowest BCUT2D eigenvalue weighted by Gasteiger charge is -2.26. The van der Waals surface area contributed by atoms with Crippen LogP contribution in [0.4, 0.5) is 19.0 Å². The third-order valence-corrected chi connectivity index (χ3v) is 5.65. The number of ether oxygens (including phenoxy) is 1. The number of aromatic nitrogens is 4. The number of imidazole rings is 1. The molecule has 0 saturated carbocycles. The van der Waals surface area contributed by atoms with Crippen LogP contribution >= 0.6 is 0 Å². The van der Waals surface area contributed by atoms with Gasteiger partial charge in [-0.2, -0.15) is 13.2 Å². The first kappa shape index (κ1) is 22.9. The number of nitrogens with one attached hydrogen (secondary N) is 2. The molecule has 1 saturated heterocycles. The molecule has 5 rings (SSSR count). The van der Waals surface area contributed by atoms with Crippen molar-refractivity contribution in [3.63, 3.8) is 0 Å². The van der Waals surface area contributed by atoms with Gasteiger partial charge in [-0.15, -0.1) is 0 Å². The van der Waals surface area contributed by atoms with Gasteiger partial charge >= 0.3 is 6.18 Å². The van der Waals surface area contributed by atoms with E-state index < -0.39 is 17.6 Å². The van der Waals surface area contributed by atoms with Gasteiger partial charge in [0, 0.05) is 31.4 Å². The Kier molecular flexibility index (Phi) is 6.18. The topological polar surface area (TPSA) is 96.0 Å². The zero-order valence-electron chi connectivity index (χ0n) is 18.5. The van der Waals surface area contributed by atoms with Crippen LogP contribution in [0, 0.1) is 0 Å². The lowest BCUT2D eigenvalue weighted by atomic mass is 10.1. The van der Waals surface area contributed by atoms with E-state index in [4.69, 9.17) is 4.74 Å². The van der Waals surface area contributed by atoms with Gasteiger partial charge < -0.3 is 15.0 Å². The smallest absolute Gasteiger partial charge is 0.379 e. The van der Waals surface area contributed by atoms with Crippen molar-refractivity contribution in [2.24, 2.45) is 0 Å². The normalized spacial score (nSPS) is 14.8. The SMILES string of the molecule is O=C(Nc1cccc(CN2CCOCC2)n1)c1ccnc2[nH]c(-c3ccccc3C(F)(F)F)nc12. The van der Waals surface area contributed by atoms with Crippen LogP contribution in [0.15, 0.2) is 54.7 Å². The molecule has 2 N–H and O–H groups in total. The molecule has 1 aliphatic heterocycles. The summed E-state index contributed by atoms with van der Waals surface area (Å²) in [5.74, 6) is -0.147. The average molecular weight is 482 g/mol. The maximum atomic E-state index is 13.5. The Morgan fingerprint density at radius 3 is 2.66 bits per heavy atom. The number of halogens is 3. The van der Waals surface area contributed by atoms with E-state index in [2.05, 4.69) is 30.2 Å². The van der Waals surface area contributed by atoms with Gasteiger partial charge in [0.25, 0.3) is 5.91 Å². The number of hydrogen-bond donors (Lipinski definition) is 2. The first-order valence-corrected chi connectivity index (χ1v) is 11.0. The van der Waals surface area contributed by atoms with Crippen molar-refractivity contribution < 1.29 is 22.7 Å². The van der Waals surface area contributed by atoms with Crippen molar-refractivity contribution in [3.8, 4) is 11.4 Å². The predicted molar refractivity (Wildman–Crippen MR) is 123 cm³/mol. The maximum Gasteiger partial charge on any atom is 0.417 e. The van der Waals surface area contributed by atoms with Crippen molar-refractivity contribution in [1.82, 2.24) is 24.8 Å². The van der Waals surface area contributed by atoms with Crippen LogP contribution in [0.2, 0.25) is 0 Å². The minimum Gasteiger partial charge on any atom is -0.379 e. The van der Waals surface area contributed by atoms with E-state index >= 15 is 0 Å². The van der Waals surface area contributed by atoms with Gasteiger partial charge in [0.2, 0.25) is 0 Å². The number of rotatable bonds is 5. The van der Waals surface area contributed by atoms with Crippen molar-refractivity contribution in [1.29, 1.82) is 0 Å². The summed E-state index contributed by atoms with van der Waals surface area (Å²) < 4.78 is 45.8. The van der Waals surface area contributed by atoms with Gasteiger partial charge in [-0.1, -0.05) is 24.3 Å². The van der Waals surface area contributed by atoms with Crippen LogP contribution in [-0.2, 0) is 17.5 Å². The molecule has 180 valence electrons. The number of pyridine rings is 2. The van der Waals surface area contributed by atoms with Crippen LogP contribution in [0.3, 0.4) is 0 Å². The standard InChI is InChI=1S/C24H21F3N6O2/c25-24(26,27)18-6-2-1-5-16(18)21-31-20-17(8-9-28-22(20)32-21)23(34)30-19-7-3-4-15(29-19)14-33-10-12-35-13-11-33/h1-9H,10-14H2,(H,28,31,32)(H,29,30,34). The Morgan fingerprint density at radius 1 is 1.06 bits per heavy atom.